The van der Waals surface area contributed by atoms with Crippen molar-refractivity contribution < 1.29 is 14.0 Å². The van der Waals surface area contributed by atoms with E-state index in [1.807, 2.05) is 13.8 Å². The Hall–Kier alpha value is -4.46. The highest BCUT2D eigenvalue weighted by Crippen LogP contribution is 2.30. The fourth-order valence-corrected chi connectivity index (χ4v) is 5.18. The molecule has 0 spiro atoms. The number of benzene rings is 2. The highest BCUT2D eigenvalue weighted by Gasteiger charge is 2.27. The fourth-order valence-electron chi connectivity index (χ4n) is 5.18. The van der Waals surface area contributed by atoms with E-state index in [0.717, 1.165) is 18.9 Å². The number of halogens is 1. The number of piperidine rings is 1. The predicted molar refractivity (Wildman–Crippen MR) is 148 cm³/mol. The Morgan fingerprint density at radius 3 is 2.58 bits per heavy atom. The summed E-state index contributed by atoms with van der Waals surface area (Å²) in [6.07, 6.45) is 3.31. The van der Waals surface area contributed by atoms with E-state index in [1.165, 1.54) is 16.7 Å². The number of amides is 3. The van der Waals surface area contributed by atoms with Crippen LogP contribution in [0.15, 0.2) is 46.0 Å². The van der Waals surface area contributed by atoms with Crippen LogP contribution in [0.25, 0.3) is 10.9 Å². The molecule has 2 aromatic carbocycles. The van der Waals surface area contributed by atoms with Crippen molar-refractivity contribution in [3.8, 4) is 6.07 Å². The molecule has 5 rings (SSSR count). The molecule has 0 bridgehead atoms. The van der Waals surface area contributed by atoms with Crippen LogP contribution in [0.2, 0.25) is 0 Å². The maximum Gasteiger partial charge on any atom is 0.331 e. The number of rotatable bonds is 6. The molecule has 1 aromatic heterocycles. The second-order valence-electron chi connectivity index (χ2n) is 10.8. The number of nitrogens with zero attached hydrogens (tertiary/aromatic N) is 4. The third-order valence-corrected chi connectivity index (χ3v) is 7.47. The number of fused-ring (bicyclic) bond motifs is 1. The van der Waals surface area contributed by atoms with Crippen molar-refractivity contribution in [1.29, 1.82) is 5.26 Å². The van der Waals surface area contributed by atoms with E-state index < -0.39 is 17.4 Å². The molecule has 10 nitrogen and oxygen atoms in total. The van der Waals surface area contributed by atoms with Crippen molar-refractivity contribution in [3.05, 3.63) is 74.2 Å². The average molecular weight is 547 g/mol. The normalized spacial score (nSPS) is 17.1. The summed E-state index contributed by atoms with van der Waals surface area (Å²) in [4.78, 5) is 54.0. The lowest BCUT2D eigenvalue weighted by Crippen LogP contribution is -2.50. The van der Waals surface area contributed by atoms with E-state index in [9.17, 15) is 23.6 Å². The van der Waals surface area contributed by atoms with E-state index in [-0.39, 0.29) is 41.5 Å². The van der Waals surface area contributed by atoms with E-state index in [0.29, 0.717) is 48.3 Å². The van der Waals surface area contributed by atoms with Crippen LogP contribution in [-0.4, -0.2) is 45.1 Å². The van der Waals surface area contributed by atoms with Gasteiger partial charge in [0.25, 0.3) is 11.5 Å². The zero-order valence-electron chi connectivity index (χ0n) is 22.4. The van der Waals surface area contributed by atoms with Crippen molar-refractivity contribution in [1.82, 2.24) is 19.4 Å². The Labute approximate surface area is 230 Å². The van der Waals surface area contributed by atoms with Crippen molar-refractivity contribution >= 4 is 28.5 Å². The van der Waals surface area contributed by atoms with Crippen molar-refractivity contribution in [2.24, 2.45) is 5.92 Å². The first kappa shape index (κ1) is 27.1. The molecule has 2 fully saturated rings. The van der Waals surface area contributed by atoms with Crippen LogP contribution < -0.4 is 21.9 Å². The van der Waals surface area contributed by atoms with Crippen LogP contribution in [0.4, 0.5) is 14.9 Å². The largest absolute Gasteiger partial charge is 0.348 e. The summed E-state index contributed by atoms with van der Waals surface area (Å²) in [5.74, 6) is -0.764. The van der Waals surface area contributed by atoms with E-state index in [2.05, 4.69) is 10.6 Å². The molecule has 1 saturated carbocycles. The minimum atomic E-state index is -0.718. The molecule has 1 aliphatic carbocycles. The molecule has 0 radical (unpaired) electrons. The number of urea groups is 1. The maximum atomic E-state index is 13.9. The number of aromatic nitrogens is 2. The minimum absolute atomic E-state index is 0.109. The molecule has 1 unspecified atom stereocenters. The van der Waals surface area contributed by atoms with Gasteiger partial charge in [-0.1, -0.05) is 0 Å². The smallest absolute Gasteiger partial charge is 0.331 e. The van der Waals surface area contributed by atoms with Crippen LogP contribution in [0, 0.1) is 23.1 Å². The SMILES string of the molecule is CC(C)n1c(=O)n(CC2CC2)c(=O)c2cc(C(=O)NC3CCCN(C(=O)Nc4ccc(C#N)c(F)c4)C3)ccc21. The second-order valence-corrected chi connectivity index (χ2v) is 10.8. The van der Waals surface area contributed by atoms with Gasteiger partial charge in [-0.15, -0.1) is 0 Å². The fraction of sp³-hybridized carbons (Fsp3) is 0.414. The maximum absolute atomic E-state index is 13.9. The Morgan fingerprint density at radius 2 is 1.90 bits per heavy atom. The summed E-state index contributed by atoms with van der Waals surface area (Å²) in [6, 6.07) is 9.46. The summed E-state index contributed by atoms with van der Waals surface area (Å²) in [6.45, 7) is 4.88. The molecule has 3 aromatic rings. The minimum Gasteiger partial charge on any atom is -0.348 e. The number of hydrogen-bond acceptors (Lipinski definition) is 5. The number of nitriles is 1. The molecule has 2 heterocycles. The van der Waals surface area contributed by atoms with E-state index in [4.69, 9.17) is 5.26 Å². The van der Waals surface area contributed by atoms with Gasteiger partial charge < -0.3 is 15.5 Å². The third kappa shape index (κ3) is 5.47. The number of nitrogens with one attached hydrogen (secondary N) is 2. The molecule has 208 valence electrons. The Bertz CT molecular complexity index is 1650. The summed E-state index contributed by atoms with van der Waals surface area (Å²) in [5, 5.41) is 14.8. The van der Waals surface area contributed by atoms with Gasteiger partial charge >= 0.3 is 11.7 Å². The first-order chi connectivity index (χ1) is 19.2. The zero-order valence-corrected chi connectivity index (χ0v) is 22.4. The van der Waals surface area contributed by atoms with Gasteiger partial charge in [-0.25, -0.2) is 14.0 Å². The second kappa shape index (κ2) is 11.0. The van der Waals surface area contributed by atoms with Gasteiger partial charge in [-0.2, -0.15) is 5.26 Å². The quantitative estimate of drug-likeness (QED) is 0.488. The number of hydrogen-bond donors (Lipinski definition) is 2. The number of carbonyl (C=O) groups excluding carboxylic acids is 2. The van der Waals surface area contributed by atoms with Gasteiger partial charge in [0.05, 0.1) is 16.5 Å². The average Bonchev–Trinajstić information content (AvgIpc) is 3.75. The predicted octanol–water partition coefficient (Wildman–Crippen LogP) is 3.59. The summed E-state index contributed by atoms with van der Waals surface area (Å²) in [7, 11) is 0. The lowest BCUT2D eigenvalue weighted by molar-refractivity contribution is 0.0913. The molecular weight excluding hydrogens is 515 g/mol. The van der Waals surface area contributed by atoms with Crippen LogP contribution in [0.1, 0.15) is 61.5 Å². The molecule has 11 heteroatoms. The van der Waals surface area contributed by atoms with Gasteiger partial charge in [0.2, 0.25) is 0 Å². The highest BCUT2D eigenvalue weighted by molar-refractivity contribution is 5.98. The molecule has 3 amide bonds. The lowest BCUT2D eigenvalue weighted by atomic mass is 10.0. The zero-order chi connectivity index (χ0) is 28.6. The Morgan fingerprint density at radius 1 is 1.12 bits per heavy atom. The standard InChI is InChI=1S/C29H31FN6O4/c1-17(2)36-25-10-8-19(12-23(25)27(38)35(29(36)40)15-18-5-6-18)26(37)32-22-4-3-11-34(16-22)28(39)33-21-9-7-20(14-31)24(30)13-21/h7-10,12-13,17-18,22H,3-6,11,15-16H2,1-2H3,(H,32,37)(H,33,39). The molecule has 2 N–H and O–H groups in total. The summed E-state index contributed by atoms with van der Waals surface area (Å²) < 4.78 is 16.8. The van der Waals surface area contributed by atoms with Crippen LogP contribution in [-0.2, 0) is 6.54 Å². The van der Waals surface area contributed by atoms with Crippen molar-refractivity contribution in [2.75, 3.05) is 18.4 Å². The third-order valence-electron chi connectivity index (χ3n) is 7.47. The topological polar surface area (TPSA) is 129 Å². The van der Waals surface area contributed by atoms with Gasteiger partial charge in [0.1, 0.15) is 11.9 Å². The first-order valence-corrected chi connectivity index (χ1v) is 13.5. The Kier molecular flexibility index (Phi) is 7.43. The van der Waals surface area contributed by atoms with Crippen LogP contribution >= 0.6 is 0 Å². The molecule has 1 atom stereocenters. The van der Waals surface area contributed by atoms with E-state index >= 15 is 0 Å². The molecule has 1 aliphatic heterocycles. The number of carbonyl (C=O) groups is 2. The summed E-state index contributed by atoms with van der Waals surface area (Å²) in [5.41, 5.74) is 0.191. The Balaban J connectivity index is 1.32. The number of anilines is 1. The van der Waals surface area contributed by atoms with Crippen molar-refractivity contribution in [2.45, 2.75) is 58.2 Å². The molecule has 2 aliphatic rings. The first-order valence-electron chi connectivity index (χ1n) is 13.5. The van der Waals surface area contributed by atoms with E-state index in [1.54, 1.807) is 33.7 Å². The van der Waals surface area contributed by atoms with Gasteiger partial charge in [-0.3, -0.25) is 18.7 Å². The van der Waals surface area contributed by atoms with Gasteiger partial charge in [-0.05, 0) is 81.8 Å². The molecular formula is C29H31FN6O4. The molecule has 1 saturated heterocycles. The van der Waals surface area contributed by atoms with Crippen LogP contribution in [0.5, 0.6) is 0 Å². The monoisotopic (exact) mass is 546 g/mol. The van der Waals surface area contributed by atoms with Crippen molar-refractivity contribution in [3.63, 3.8) is 0 Å². The molecule has 40 heavy (non-hydrogen) atoms. The number of likely N-dealkylation sites (tertiary alicyclic amines) is 1. The van der Waals surface area contributed by atoms with Gasteiger partial charge in [0, 0.05) is 43.0 Å². The highest BCUT2D eigenvalue weighted by atomic mass is 19.1. The van der Waals surface area contributed by atoms with Crippen LogP contribution in [0.3, 0.4) is 0 Å². The lowest BCUT2D eigenvalue weighted by Gasteiger charge is -2.33. The summed E-state index contributed by atoms with van der Waals surface area (Å²) >= 11 is 0. The van der Waals surface area contributed by atoms with Gasteiger partial charge in [0.15, 0.2) is 0 Å².